The number of halogens is 1. The second-order valence-corrected chi connectivity index (χ2v) is 9.62. The molecule has 35 heavy (non-hydrogen) atoms. The Kier molecular flexibility index (Phi) is 6.86. The number of aromatic nitrogens is 2. The van der Waals surface area contributed by atoms with Crippen LogP contribution in [0, 0.1) is 6.92 Å². The fourth-order valence-electron chi connectivity index (χ4n) is 3.35. The number of aromatic hydroxyl groups is 1. The maximum atomic E-state index is 14.2. The van der Waals surface area contributed by atoms with Crippen molar-refractivity contribution in [1.29, 1.82) is 0 Å². The summed E-state index contributed by atoms with van der Waals surface area (Å²) < 4.78 is 15.2. The van der Waals surface area contributed by atoms with Gasteiger partial charge < -0.3 is 26.2 Å². The summed E-state index contributed by atoms with van der Waals surface area (Å²) in [6, 6.07) is 12.3. The van der Waals surface area contributed by atoms with Crippen LogP contribution < -0.4 is 16.0 Å². The lowest BCUT2D eigenvalue weighted by Crippen LogP contribution is -2.42. The van der Waals surface area contributed by atoms with Crippen molar-refractivity contribution in [3.8, 4) is 5.75 Å². The summed E-state index contributed by atoms with van der Waals surface area (Å²) in [5, 5.41) is 28.5. The van der Waals surface area contributed by atoms with Crippen LogP contribution in [0.2, 0.25) is 0 Å². The number of amides is 1. The van der Waals surface area contributed by atoms with Gasteiger partial charge in [-0.1, -0.05) is 0 Å². The van der Waals surface area contributed by atoms with E-state index in [2.05, 4.69) is 25.9 Å². The van der Waals surface area contributed by atoms with Crippen molar-refractivity contribution in [1.82, 2.24) is 15.3 Å². The number of phenolic OH excluding ortho intramolecular Hbond substituents is 1. The molecular formula is C25H26FN5O3S. The van der Waals surface area contributed by atoms with Crippen molar-refractivity contribution >= 4 is 50.3 Å². The van der Waals surface area contributed by atoms with Crippen molar-refractivity contribution < 1.29 is 19.4 Å². The number of pyridine rings is 1. The fourth-order valence-corrected chi connectivity index (χ4v) is 4.07. The van der Waals surface area contributed by atoms with Crippen molar-refractivity contribution in [2.24, 2.45) is 0 Å². The van der Waals surface area contributed by atoms with Gasteiger partial charge in [-0.25, -0.2) is 14.4 Å². The van der Waals surface area contributed by atoms with Crippen LogP contribution >= 0.6 is 11.3 Å². The number of rotatable bonds is 8. The van der Waals surface area contributed by atoms with Gasteiger partial charge >= 0.3 is 0 Å². The zero-order valence-electron chi connectivity index (χ0n) is 19.5. The number of thiazole rings is 1. The van der Waals surface area contributed by atoms with Gasteiger partial charge in [0.2, 0.25) is 0 Å². The number of aliphatic hydroxyl groups is 1. The highest BCUT2D eigenvalue weighted by Crippen LogP contribution is 2.29. The smallest absolute Gasteiger partial charge is 0.255 e. The number of hydrogen-bond donors (Lipinski definition) is 5. The SMILES string of the molecule is Cc1cc(O)ccc1Nc1cc(Nc2ccc3ncsc3c2)ncc1C(=O)NC[C@@H](F)C(C)(C)O. The highest BCUT2D eigenvalue weighted by atomic mass is 32.1. The van der Waals surface area contributed by atoms with Gasteiger partial charge in [0.25, 0.3) is 5.91 Å². The van der Waals surface area contributed by atoms with Crippen molar-refractivity contribution in [2.75, 3.05) is 17.2 Å². The molecule has 182 valence electrons. The molecule has 0 radical (unpaired) electrons. The Hall–Kier alpha value is -3.76. The highest BCUT2D eigenvalue weighted by Gasteiger charge is 2.27. The number of fused-ring (bicyclic) bond motifs is 1. The number of benzene rings is 2. The predicted molar refractivity (Wildman–Crippen MR) is 137 cm³/mol. The standard InChI is InChI=1S/C25H26FN5O3S/c1-14-8-16(32)5-7-18(14)31-20-10-23(30-15-4-6-19-21(9-15)35-13-29-19)27-11-17(20)24(33)28-12-22(26)25(2,3)34/h4-11,13,22,32,34H,12H2,1-3H3,(H,28,33)(H2,27,30,31)/t22-/m1/s1. The quantitative estimate of drug-likeness (QED) is 0.218. The number of nitrogens with zero attached hydrogens (tertiary/aromatic N) is 2. The molecule has 0 fully saturated rings. The molecule has 4 aromatic rings. The van der Waals surface area contributed by atoms with E-state index in [0.29, 0.717) is 17.2 Å². The average Bonchev–Trinajstić information content (AvgIpc) is 3.26. The van der Waals surface area contributed by atoms with Crippen molar-refractivity contribution in [3.63, 3.8) is 0 Å². The molecule has 5 N–H and O–H groups in total. The Morgan fingerprint density at radius 2 is 1.91 bits per heavy atom. The molecule has 4 rings (SSSR count). The van der Waals surface area contributed by atoms with Crippen LogP contribution in [0.1, 0.15) is 29.8 Å². The van der Waals surface area contributed by atoms with Crippen LogP contribution in [0.25, 0.3) is 10.2 Å². The monoisotopic (exact) mass is 495 g/mol. The fraction of sp³-hybridized carbons (Fsp3) is 0.240. The number of carbonyl (C=O) groups excluding carboxylic acids is 1. The van der Waals surface area contributed by atoms with Gasteiger partial charge in [0, 0.05) is 23.6 Å². The van der Waals surface area contributed by atoms with Crippen LogP contribution in [-0.4, -0.2) is 44.4 Å². The third-order valence-corrected chi connectivity index (χ3v) is 6.23. The first kappa shape index (κ1) is 24.4. The molecule has 0 bridgehead atoms. The average molecular weight is 496 g/mol. The van der Waals surface area contributed by atoms with E-state index < -0.39 is 17.7 Å². The summed E-state index contributed by atoms with van der Waals surface area (Å²) in [4.78, 5) is 21.6. The van der Waals surface area contributed by atoms with Gasteiger partial charge in [-0.2, -0.15) is 0 Å². The van der Waals surface area contributed by atoms with Gasteiger partial charge in [-0.05, 0) is 62.7 Å². The third kappa shape index (κ3) is 5.84. The largest absolute Gasteiger partial charge is 0.508 e. The molecule has 1 amide bonds. The first-order valence-electron chi connectivity index (χ1n) is 10.9. The molecule has 0 spiro atoms. The summed E-state index contributed by atoms with van der Waals surface area (Å²) in [6.07, 6.45) is -0.240. The topological polar surface area (TPSA) is 119 Å². The van der Waals surface area contributed by atoms with Gasteiger partial charge in [-0.3, -0.25) is 4.79 Å². The minimum atomic E-state index is -1.64. The normalized spacial score (nSPS) is 12.4. The van der Waals surface area contributed by atoms with E-state index in [1.165, 1.54) is 37.4 Å². The number of carbonyl (C=O) groups is 1. The Balaban J connectivity index is 1.63. The Bertz CT molecular complexity index is 1370. The summed E-state index contributed by atoms with van der Waals surface area (Å²) in [7, 11) is 0. The van der Waals surface area contributed by atoms with Gasteiger partial charge in [0.1, 0.15) is 17.7 Å². The first-order valence-corrected chi connectivity index (χ1v) is 11.8. The maximum Gasteiger partial charge on any atom is 0.255 e. The summed E-state index contributed by atoms with van der Waals surface area (Å²) in [6.45, 7) is 4.16. The molecule has 0 unspecified atom stereocenters. The van der Waals surface area contributed by atoms with E-state index >= 15 is 0 Å². The van der Waals surface area contributed by atoms with E-state index in [1.54, 1.807) is 23.7 Å². The first-order chi connectivity index (χ1) is 16.6. The van der Waals surface area contributed by atoms with Crippen LogP contribution in [0.15, 0.2) is 54.2 Å². The molecule has 0 aliphatic rings. The van der Waals surface area contributed by atoms with E-state index in [-0.39, 0.29) is 17.9 Å². The van der Waals surface area contributed by atoms with Crippen molar-refractivity contribution in [2.45, 2.75) is 32.5 Å². The highest BCUT2D eigenvalue weighted by molar-refractivity contribution is 7.16. The summed E-state index contributed by atoms with van der Waals surface area (Å²) in [5.74, 6) is 0.0762. The number of aryl methyl sites for hydroxylation is 1. The second-order valence-electron chi connectivity index (χ2n) is 8.73. The molecule has 0 saturated heterocycles. The molecule has 8 nitrogen and oxygen atoms in total. The van der Waals surface area contributed by atoms with Crippen LogP contribution in [0.4, 0.5) is 27.3 Å². The zero-order valence-corrected chi connectivity index (χ0v) is 20.3. The van der Waals surface area contributed by atoms with E-state index in [0.717, 1.165) is 21.5 Å². The maximum absolute atomic E-state index is 14.2. The lowest BCUT2D eigenvalue weighted by atomic mass is 10.0. The molecule has 2 aromatic heterocycles. The lowest BCUT2D eigenvalue weighted by Gasteiger charge is -2.22. The van der Waals surface area contributed by atoms with Crippen LogP contribution in [-0.2, 0) is 0 Å². The van der Waals surface area contributed by atoms with E-state index in [4.69, 9.17) is 0 Å². The molecule has 0 saturated carbocycles. The van der Waals surface area contributed by atoms with Crippen LogP contribution in [0.5, 0.6) is 5.75 Å². The summed E-state index contributed by atoms with van der Waals surface area (Å²) >= 11 is 1.53. The minimum Gasteiger partial charge on any atom is -0.508 e. The van der Waals surface area contributed by atoms with Gasteiger partial charge in [0.15, 0.2) is 0 Å². The number of alkyl halides is 1. The number of phenols is 1. The van der Waals surface area contributed by atoms with Crippen molar-refractivity contribution in [3.05, 3.63) is 65.3 Å². The molecule has 0 aliphatic carbocycles. The molecule has 1 atom stereocenters. The third-order valence-electron chi connectivity index (χ3n) is 5.44. The Morgan fingerprint density at radius 1 is 1.11 bits per heavy atom. The van der Waals surface area contributed by atoms with E-state index in [1.807, 2.05) is 25.1 Å². The van der Waals surface area contributed by atoms with Gasteiger partial charge in [-0.15, -0.1) is 11.3 Å². The molecule has 10 heteroatoms. The lowest BCUT2D eigenvalue weighted by molar-refractivity contribution is -0.00177. The van der Waals surface area contributed by atoms with Gasteiger partial charge in [0.05, 0.1) is 39.1 Å². The number of hydrogen-bond acceptors (Lipinski definition) is 8. The molecule has 2 heterocycles. The Morgan fingerprint density at radius 3 is 2.66 bits per heavy atom. The predicted octanol–water partition coefficient (Wildman–Crippen LogP) is 5.03. The minimum absolute atomic E-state index is 0.127. The zero-order chi connectivity index (χ0) is 25.2. The van der Waals surface area contributed by atoms with Crippen LogP contribution in [0.3, 0.4) is 0 Å². The molecule has 0 aliphatic heterocycles. The molecular weight excluding hydrogens is 469 g/mol. The van der Waals surface area contributed by atoms with E-state index in [9.17, 15) is 19.4 Å². The summed E-state index contributed by atoms with van der Waals surface area (Å²) in [5.41, 5.74) is 4.00. The number of anilines is 4. The Labute approximate surface area is 205 Å². The second kappa shape index (κ2) is 9.85. The number of nitrogens with one attached hydrogen (secondary N) is 3. The molecule has 2 aromatic carbocycles.